The van der Waals surface area contributed by atoms with Gasteiger partial charge in [0, 0.05) is 10.6 Å². The normalized spacial score (nSPS) is 16.8. The Balaban J connectivity index is 1.82. The van der Waals surface area contributed by atoms with Crippen LogP contribution in [0.4, 0.5) is 13.2 Å². The lowest BCUT2D eigenvalue weighted by molar-refractivity contribution is -0.175. The lowest BCUT2D eigenvalue weighted by atomic mass is 9.97. The van der Waals surface area contributed by atoms with Gasteiger partial charge < -0.3 is 15.4 Å². The summed E-state index contributed by atoms with van der Waals surface area (Å²) >= 11 is 6.13. The SMILES string of the molecule is COc1ccc([C@H](NC(=O)[C@@H](C)NC2(c3cccc(Cl)c3)CC2)C(=O)N[C@H](C(=O)C(F)(F)F)C(C)C)cc1. The van der Waals surface area contributed by atoms with Gasteiger partial charge in [0.1, 0.15) is 11.8 Å². The van der Waals surface area contributed by atoms with Crippen LogP contribution in [0.5, 0.6) is 5.75 Å². The first-order chi connectivity index (χ1) is 17.8. The molecule has 1 fully saturated rings. The Hall–Kier alpha value is -3.11. The Kier molecular flexibility index (Phi) is 9.09. The third-order valence-electron chi connectivity index (χ3n) is 6.54. The summed E-state index contributed by atoms with van der Waals surface area (Å²) in [5.74, 6) is -3.90. The fraction of sp³-hybridized carbons (Fsp3) is 0.444. The van der Waals surface area contributed by atoms with Crippen LogP contribution in [0, 0.1) is 5.92 Å². The van der Waals surface area contributed by atoms with Crippen molar-refractivity contribution in [3.05, 3.63) is 64.7 Å². The van der Waals surface area contributed by atoms with Gasteiger partial charge in [0.15, 0.2) is 0 Å². The molecule has 0 saturated heterocycles. The molecule has 1 saturated carbocycles. The molecule has 0 bridgehead atoms. The largest absolute Gasteiger partial charge is 0.497 e. The number of ether oxygens (including phenoxy) is 1. The quantitative estimate of drug-likeness (QED) is 0.382. The number of carbonyl (C=O) groups is 3. The number of hydrogen-bond donors (Lipinski definition) is 3. The molecular formula is C27H31ClF3N3O4. The van der Waals surface area contributed by atoms with Gasteiger partial charge in [-0.3, -0.25) is 19.7 Å². The maximum Gasteiger partial charge on any atom is 0.452 e. The van der Waals surface area contributed by atoms with Crippen molar-refractivity contribution in [2.75, 3.05) is 7.11 Å². The first kappa shape index (κ1) is 29.4. The van der Waals surface area contributed by atoms with Crippen molar-refractivity contribution in [1.82, 2.24) is 16.0 Å². The van der Waals surface area contributed by atoms with E-state index in [1.54, 1.807) is 25.1 Å². The molecule has 3 N–H and O–H groups in total. The number of Topliss-reactive ketones (excluding diaryl/α,β-unsaturated/α-hetero) is 1. The van der Waals surface area contributed by atoms with Crippen LogP contribution in [0.25, 0.3) is 0 Å². The average Bonchev–Trinajstić information content (AvgIpc) is 3.65. The third kappa shape index (κ3) is 7.05. The zero-order chi connectivity index (χ0) is 28.3. The van der Waals surface area contributed by atoms with Gasteiger partial charge in [0.2, 0.25) is 11.8 Å². The van der Waals surface area contributed by atoms with E-state index in [0.29, 0.717) is 16.3 Å². The highest BCUT2D eigenvalue weighted by Gasteiger charge is 2.47. The van der Waals surface area contributed by atoms with E-state index >= 15 is 0 Å². The van der Waals surface area contributed by atoms with E-state index in [9.17, 15) is 27.6 Å². The molecule has 0 radical (unpaired) electrons. The molecule has 2 aromatic rings. The number of alkyl halides is 3. The zero-order valence-corrected chi connectivity index (χ0v) is 22.2. The minimum absolute atomic E-state index is 0.307. The van der Waals surface area contributed by atoms with Gasteiger partial charge in [-0.15, -0.1) is 0 Å². The number of ketones is 1. The highest BCUT2D eigenvalue weighted by Crippen LogP contribution is 2.46. The van der Waals surface area contributed by atoms with Gasteiger partial charge in [-0.1, -0.05) is 49.7 Å². The summed E-state index contributed by atoms with van der Waals surface area (Å²) in [4.78, 5) is 38.4. The van der Waals surface area contributed by atoms with E-state index in [4.69, 9.17) is 16.3 Å². The molecule has 3 rings (SSSR count). The lowest BCUT2D eigenvalue weighted by Crippen LogP contribution is -2.54. The van der Waals surface area contributed by atoms with Crippen molar-refractivity contribution in [2.24, 2.45) is 5.92 Å². The van der Waals surface area contributed by atoms with Crippen LogP contribution in [0.15, 0.2) is 48.5 Å². The topological polar surface area (TPSA) is 96.5 Å². The standard InChI is InChI=1S/C27H31ClF3N3O4/c1-15(2)21(23(35)27(29,30)31)32-25(37)22(17-8-10-20(38-4)11-9-17)33-24(36)16(3)34-26(12-13-26)18-6-5-7-19(28)14-18/h5-11,14-16,21-22,34H,12-13H2,1-4H3,(H,32,37)(H,33,36)/t16-,21+,22+/m1/s1. The van der Waals surface area contributed by atoms with Crippen LogP contribution in [-0.4, -0.2) is 43.0 Å². The summed E-state index contributed by atoms with van der Waals surface area (Å²) in [5.41, 5.74) is 0.794. The van der Waals surface area contributed by atoms with Gasteiger partial charge in [-0.2, -0.15) is 13.2 Å². The lowest BCUT2D eigenvalue weighted by Gasteiger charge is -2.28. The molecule has 0 aliphatic heterocycles. The van der Waals surface area contributed by atoms with Gasteiger partial charge in [-0.05, 0) is 61.1 Å². The van der Waals surface area contributed by atoms with E-state index in [2.05, 4.69) is 16.0 Å². The van der Waals surface area contributed by atoms with E-state index in [1.807, 2.05) is 18.2 Å². The molecule has 0 heterocycles. The van der Waals surface area contributed by atoms with Crippen LogP contribution in [0.2, 0.25) is 5.02 Å². The second kappa shape index (κ2) is 11.7. The Morgan fingerprint density at radius 3 is 2.11 bits per heavy atom. The second-order valence-corrected chi connectivity index (χ2v) is 10.2. The molecule has 3 atom stereocenters. The van der Waals surface area contributed by atoms with E-state index in [-0.39, 0.29) is 0 Å². The number of nitrogens with one attached hydrogen (secondary N) is 3. The predicted molar refractivity (Wildman–Crippen MR) is 137 cm³/mol. The van der Waals surface area contributed by atoms with Crippen molar-refractivity contribution in [1.29, 1.82) is 0 Å². The van der Waals surface area contributed by atoms with Crippen LogP contribution in [0.1, 0.15) is 50.8 Å². The van der Waals surface area contributed by atoms with Gasteiger partial charge in [0.05, 0.1) is 19.2 Å². The minimum atomic E-state index is -5.13. The monoisotopic (exact) mass is 553 g/mol. The molecule has 38 heavy (non-hydrogen) atoms. The molecule has 0 unspecified atom stereocenters. The molecule has 1 aliphatic rings. The molecule has 2 amide bonds. The number of hydrogen-bond acceptors (Lipinski definition) is 5. The molecule has 1 aliphatic carbocycles. The Labute approximate surface area is 224 Å². The molecule has 7 nitrogen and oxygen atoms in total. The number of methoxy groups -OCH3 is 1. The van der Waals surface area contributed by atoms with Crippen LogP contribution in [0.3, 0.4) is 0 Å². The Morgan fingerprint density at radius 2 is 1.61 bits per heavy atom. The smallest absolute Gasteiger partial charge is 0.452 e. The minimum Gasteiger partial charge on any atom is -0.497 e. The van der Waals surface area contributed by atoms with Crippen molar-refractivity contribution >= 4 is 29.2 Å². The highest BCUT2D eigenvalue weighted by molar-refractivity contribution is 6.30. The fourth-order valence-corrected chi connectivity index (χ4v) is 4.41. The summed E-state index contributed by atoms with van der Waals surface area (Å²) in [7, 11) is 1.46. The maximum atomic E-state index is 13.2. The number of rotatable bonds is 11. The Morgan fingerprint density at radius 1 is 0.974 bits per heavy atom. The van der Waals surface area contributed by atoms with Gasteiger partial charge >= 0.3 is 6.18 Å². The van der Waals surface area contributed by atoms with Crippen molar-refractivity contribution in [2.45, 2.75) is 63.5 Å². The van der Waals surface area contributed by atoms with Crippen LogP contribution >= 0.6 is 11.6 Å². The fourth-order valence-electron chi connectivity index (χ4n) is 4.22. The predicted octanol–water partition coefficient (Wildman–Crippen LogP) is 4.45. The average molecular weight is 554 g/mol. The summed E-state index contributed by atoms with van der Waals surface area (Å²) < 4.78 is 44.6. The van der Waals surface area contributed by atoms with E-state index < -0.39 is 53.4 Å². The number of carbonyl (C=O) groups excluding carboxylic acids is 3. The molecule has 0 aromatic heterocycles. The van der Waals surface area contributed by atoms with Crippen molar-refractivity contribution < 1.29 is 32.3 Å². The van der Waals surface area contributed by atoms with Crippen LogP contribution in [-0.2, 0) is 19.9 Å². The highest BCUT2D eigenvalue weighted by atomic mass is 35.5. The van der Waals surface area contributed by atoms with Crippen molar-refractivity contribution in [3.8, 4) is 5.75 Å². The number of benzene rings is 2. The number of halogens is 4. The van der Waals surface area contributed by atoms with Crippen LogP contribution < -0.4 is 20.7 Å². The maximum absolute atomic E-state index is 13.2. The number of amides is 2. The third-order valence-corrected chi connectivity index (χ3v) is 6.77. The van der Waals surface area contributed by atoms with E-state index in [1.165, 1.54) is 33.1 Å². The second-order valence-electron chi connectivity index (χ2n) is 9.77. The van der Waals surface area contributed by atoms with Crippen molar-refractivity contribution in [3.63, 3.8) is 0 Å². The van der Waals surface area contributed by atoms with Gasteiger partial charge in [0.25, 0.3) is 5.78 Å². The Bertz CT molecular complexity index is 1170. The summed E-state index contributed by atoms with van der Waals surface area (Å²) in [6, 6.07) is 9.53. The summed E-state index contributed by atoms with van der Waals surface area (Å²) in [5, 5.41) is 8.69. The first-order valence-electron chi connectivity index (χ1n) is 12.2. The molecule has 0 spiro atoms. The zero-order valence-electron chi connectivity index (χ0n) is 21.5. The summed E-state index contributed by atoms with van der Waals surface area (Å²) in [6.45, 7) is 4.42. The molecule has 206 valence electrons. The molecular weight excluding hydrogens is 523 g/mol. The molecule has 11 heteroatoms. The summed E-state index contributed by atoms with van der Waals surface area (Å²) in [6.07, 6.45) is -3.57. The molecule has 2 aromatic carbocycles. The van der Waals surface area contributed by atoms with Gasteiger partial charge in [-0.25, -0.2) is 0 Å². The first-order valence-corrected chi connectivity index (χ1v) is 12.5. The van der Waals surface area contributed by atoms with E-state index in [0.717, 1.165) is 18.4 Å².